The number of nitrogens with one attached hydrogen (secondary N) is 2. The van der Waals surface area contributed by atoms with Crippen LogP contribution in [0.15, 0.2) is 23.6 Å². The van der Waals surface area contributed by atoms with Crippen LogP contribution in [0.4, 0.5) is 5.13 Å². The number of carbonyl (C=O) groups excluding carboxylic acids is 3. The van der Waals surface area contributed by atoms with Gasteiger partial charge in [0, 0.05) is 12.3 Å². The lowest BCUT2D eigenvalue weighted by Crippen LogP contribution is -2.65. The second kappa shape index (κ2) is 11.5. The first-order chi connectivity index (χ1) is 20.1. The molecule has 0 spiro atoms. The molecule has 1 aromatic carbocycles. The number of hydrogen-bond acceptors (Lipinski definition) is 9. The van der Waals surface area contributed by atoms with Crippen LogP contribution < -0.4 is 15.4 Å². The lowest BCUT2D eigenvalue weighted by atomic mass is 9.43. The number of para-hydroxylation sites is 1. The van der Waals surface area contributed by atoms with Gasteiger partial charge >= 0.3 is 13.1 Å². The first-order valence-corrected chi connectivity index (χ1v) is 15.7. The number of rotatable bonds is 9. The van der Waals surface area contributed by atoms with E-state index >= 15 is 0 Å². The minimum Gasteiger partial charge on any atom is -0.496 e. The quantitative estimate of drug-likeness (QED) is 0.312. The van der Waals surface area contributed by atoms with Crippen molar-refractivity contribution in [2.75, 3.05) is 12.4 Å². The molecule has 4 fully saturated rings. The summed E-state index contributed by atoms with van der Waals surface area (Å²) in [6, 6.07) is 5.33. The summed E-state index contributed by atoms with van der Waals surface area (Å²) in [4.78, 5) is 42.2. The number of carbonyl (C=O) groups is 3. The second-order valence-corrected chi connectivity index (χ2v) is 14.6. The van der Waals surface area contributed by atoms with Crippen molar-refractivity contribution in [2.24, 2.45) is 17.3 Å². The van der Waals surface area contributed by atoms with E-state index in [0.29, 0.717) is 40.4 Å². The van der Waals surface area contributed by atoms with Gasteiger partial charge in [-0.25, -0.2) is 9.78 Å². The molecule has 6 rings (SSSR count). The van der Waals surface area contributed by atoms with Gasteiger partial charge in [0.1, 0.15) is 16.9 Å². The third-order valence-electron chi connectivity index (χ3n) is 9.18. The average Bonchev–Trinajstić information content (AvgIpc) is 3.49. The van der Waals surface area contributed by atoms with E-state index in [1.165, 1.54) is 25.4 Å². The zero-order valence-corrected chi connectivity index (χ0v) is 27.1. The highest BCUT2D eigenvalue weighted by Gasteiger charge is 2.68. The maximum atomic E-state index is 13.4. The highest BCUT2D eigenvalue weighted by Crippen LogP contribution is 2.65. The second-order valence-electron chi connectivity index (χ2n) is 13.7. The highest BCUT2D eigenvalue weighted by molar-refractivity contribution is 7.13. The van der Waals surface area contributed by atoms with E-state index in [-0.39, 0.29) is 29.8 Å². The molecule has 0 radical (unpaired) electrons. The largest absolute Gasteiger partial charge is 0.496 e. The van der Waals surface area contributed by atoms with Crippen molar-refractivity contribution in [1.29, 1.82) is 0 Å². The van der Waals surface area contributed by atoms with Crippen LogP contribution in [-0.4, -0.2) is 60.2 Å². The third kappa shape index (κ3) is 6.32. The van der Waals surface area contributed by atoms with Crippen LogP contribution >= 0.6 is 11.3 Å². The van der Waals surface area contributed by atoms with E-state index in [2.05, 4.69) is 36.4 Å². The first kappa shape index (κ1) is 31.5. The van der Waals surface area contributed by atoms with Gasteiger partial charge in [-0.15, -0.1) is 11.3 Å². The van der Waals surface area contributed by atoms with Gasteiger partial charge in [-0.1, -0.05) is 26.0 Å². The monoisotopic (exact) mass is 611 g/mol. The summed E-state index contributed by atoms with van der Waals surface area (Å²) in [5.41, 5.74) is 0.612. The lowest BCUT2D eigenvalue weighted by Gasteiger charge is -2.64. The zero-order valence-electron chi connectivity index (χ0n) is 26.2. The first-order valence-electron chi connectivity index (χ1n) is 14.8. The maximum Gasteiger partial charge on any atom is 0.482 e. The number of benzene rings is 1. The summed E-state index contributed by atoms with van der Waals surface area (Å²) in [6.45, 7) is 13.6. The molecule has 5 atom stereocenters. The SMILES string of the molecule is COc1c(CC(NC(=O)Cc2csc(NC(C)=O)n2)B2OC3CC4CC(C4(C)C)C3(C)O2)cccc1C(=O)OC(C)(C)C. The minimum atomic E-state index is -0.700. The van der Waals surface area contributed by atoms with Gasteiger partial charge in [-0.3, -0.25) is 9.59 Å². The van der Waals surface area contributed by atoms with Crippen molar-refractivity contribution in [3.8, 4) is 5.75 Å². The Morgan fingerprint density at radius 3 is 2.60 bits per heavy atom. The molecule has 5 unspecified atom stereocenters. The molecule has 232 valence electrons. The summed E-state index contributed by atoms with van der Waals surface area (Å²) >= 11 is 1.26. The summed E-state index contributed by atoms with van der Waals surface area (Å²) in [5, 5.41) is 7.98. The van der Waals surface area contributed by atoms with Gasteiger partial charge in [0.2, 0.25) is 11.8 Å². The molecule has 2 amide bonds. The predicted molar refractivity (Wildman–Crippen MR) is 164 cm³/mol. The molecule has 10 nitrogen and oxygen atoms in total. The summed E-state index contributed by atoms with van der Waals surface area (Å²) in [6.07, 6.45) is 2.28. The molecule has 1 aliphatic heterocycles. The number of anilines is 1. The maximum absolute atomic E-state index is 13.4. The van der Waals surface area contributed by atoms with Gasteiger partial charge in [0.05, 0.1) is 36.9 Å². The molecule has 3 saturated carbocycles. The van der Waals surface area contributed by atoms with Crippen molar-refractivity contribution >= 4 is 41.4 Å². The van der Waals surface area contributed by atoms with Crippen LogP contribution in [0.25, 0.3) is 0 Å². The summed E-state index contributed by atoms with van der Waals surface area (Å²) in [5.74, 6) is -0.217. The number of methoxy groups -OCH3 is 1. The van der Waals surface area contributed by atoms with Gasteiger partial charge in [0.25, 0.3) is 0 Å². The fourth-order valence-corrected chi connectivity index (χ4v) is 7.78. The Kier molecular flexibility index (Phi) is 8.43. The van der Waals surface area contributed by atoms with Crippen molar-refractivity contribution in [2.45, 2.75) is 97.4 Å². The molecule has 2 aromatic rings. The summed E-state index contributed by atoms with van der Waals surface area (Å²) in [7, 11) is 0.817. The number of aromatic nitrogens is 1. The van der Waals surface area contributed by atoms with Gasteiger partial charge < -0.3 is 29.4 Å². The van der Waals surface area contributed by atoms with Crippen LogP contribution in [0.5, 0.6) is 5.75 Å². The molecule has 4 aliphatic rings. The normalized spacial score (nSPS) is 26.1. The van der Waals surface area contributed by atoms with Crippen LogP contribution in [-0.2, 0) is 36.5 Å². The van der Waals surface area contributed by atoms with Crippen LogP contribution in [0, 0.1) is 17.3 Å². The smallest absolute Gasteiger partial charge is 0.482 e. The fourth-order valence-electron chi connectivity index (χ4n) is 7.02. The Hall–Kier alpha value is -2.96. The van der Waals surface area contributed by atoms with Gasteiger partial charge in [-0.05, 0) is 75.8 Å². The Labute approximate surface area is 257 Å². The lowest BCUT2D eigenvalue weighted by molar-refractivity contribution is -0.199. The van der Waals surface area contributed by atoms with E-state index in [9.17, 15) is 14.4 Å². The van der Waals surface area contributed by atoms with Gasteiger partial charge in [0.15, 0.2) is 5.13 Å². The molecule has 1 aromatic heterocycles. The molecule has 2 N–H and O–H groups in total. The zero-order chi connectivity index (χ0) is 31.3. The molecular formula is C31H42BN3O7S. The molecule has 12 heteroatoms. The van der Waals surface area contributed by atoms with E-state index in [1.807, 2.05) is 26.8 Å². The average molecular weight is 612 g/mol. The molecule has 2 bridgehead atoms. The Morgan fingerprint density at radius 1 is 1.21 bits per heavy atom. The van der Waals surface area contributed by atoms with E-state index in [0.717, 1.165) is 18.4 Å². The topological polar surface area (TPSA) is 125 Å². The Balaban J connectivity index is 1.40. The van der Waals surface area contributed by atoms with E-state index < -0.39 is 30.2 Å². The standard InChI is InChI=1S/C31H42BN3O7S/c1-17(36)33-28-34-20(16-43-28)15-25(37)35-24(32-41-23-14-19-13-22(30(19,5)6)31(23,7)42-32)12-18-10-9-11-21(26(18)39-8)27(38)40-29(2,3)4/h9-11,16,19,22-24H,12-15H2,1-8H3,(H,35,37)(H,33,34,36). The third-order valence-corrected chi connectivity index (χ3v) is 9.99. The van der Waals surface area contributed by atoms with Crippen molar-refractivity contribution < 1.29 is 33.2 Å². The fraction of sp³-hybridized carbons (Fsp3) is 0.613. The van der Waals surface area contributed by atoms with E-state index in [1.54, 1.807) is 17.5 Å². The minimum absolute atomic E-state index is 0.0206. The number of amides is 2. The molecule has 1 saturated heterocycles. The molecule has 3 aliphatic carbocycles. The number of thiazole rings is 1. The Bertz CT molecular complexity index is 1410. The van der Waals surface area contributed by atoms with Crippen molar-refractivity contribution in [3.05, 3.63) is 40.4 Å². The van der Waals surface area contributed by atoms with Gasteiger partial charge in [-0.2, -0.15) is 0 Å². The van der Waals surface area contributed by atoms with Crippen LogP contribution in [0.1, 0.15) is 82.9 Å². The number of esters is 1. The van der Waals surface area contributed by atoms with Crippen LogP contribution in [0.2, 0.25) is 0 Å². The summed E-state index contributed by atoms with van der Waals surface area (Å²) < 4.78 is 24.7. The van der Waals surface area contributed by atoms with E-state index in [4.69, 9.17) is 18.8 Å². The van der Waals surface area contributed by atoms with Crippen LogP contribution in [0.3, 0.4) is 0 Å². The predicted octanol–water partition coefficient (Wildman–Crippen LogP) is 4.60. The Morgan fingerprint density at radius 2 is 1.95 bits per heavy atom. The molecule has 43 heavy (non-hydrogen) atoms. The number of hydrogen-bond donors (Lipinski definition) is 2. The number of ether oxygens (including phenoxy) is 2. The van der Waals surface area contributed by atoms with Crippen molar-refractivity contribution in [3.63, 3.8) is 0 Å². The highest BCUT2D eigenvalue weighted by atomic mass is 32.1. The molecular weight excluding hydrogens is 569 g/mol. The van der Waals surface area contributed by atoms with Crippen molar-refractivity contribution in [1.82, 2.24) is 10.3 Å². The number of nitrogens with zero attached hydrogens (tertiary/aromatic N) is 1. The molecule has 2 heterocycles.